The topological polar surface area (TPSA) is 72.8 Å². The van der Waals surface area contributed by atoms with Crippen molar-refractivity contribution in [3.8, 4) is 0 Å². The summed E-state index contributed by atoms with van der Waals surface area (Å²) in [5, 5.41) is 9.21. The molecule has 0 radical (unpaired) electrons. The molecule has 0 aromatic carbocycles. The highest BCUT2D eigenvalue weighted by atomic mass is 28.4. The number of aliphatic carboxylic acids is 1. The minimum atomic E-state index is -2.03. The van der Waals surface area contributed by atoms with Crippen LogP contribution in [0.5, 0.6) is 0 Å². The van der Waals surface area contributed by atoms with Crippen LogP contribution in [0, 0.1) is 10.8 Å². The molecule has 0 fully saturated rings. The molecular formula is C21H46O5Si2. The maximum absolute atomic E-state index is 12.6. The van der Waals surface area contributed by atoms with Crippen LogP contribution >= 0.6 is 0 Å². The Bertz CT molecular complexity index is 484. The summed E-state index contributed by atoms with van der Waals surface area (Å²) >= 11 is 0. The van der Waals surface area contributed by atoms with Gasteiger partial charge in [0, 0.05) is 0 Å². The molecule has 0 spiro atoms. The van der Waals surface area contributed by atoms with E-state index in [2.05, 4.69) is 45.9 Å². The Hall–Kier alpha value is -0.926. The van der Waals surface area contributed by atoms with Crippen LogP contribution in [0.15, 0.2) is 13.2 Å². The van der Waals surface area contributed by atoms with Crippen LogP contribution in [0.3, 0.4) is 0 Å². The molecule has 7 heteroatoms. The Balaban J connectivity index is -0.00000201. The van der Waals surface area contributed by atoms with Gasteiger partial charge in [0.05, 0.1) is 10.8 Å². The summed E-state index contributed by atoms with van der Waals surface area (Å²) < 4.78 is 11.9. The molecule has 0 aliphatic rings. The van der Waals surface area contributed by atoms with Crippen molar-refractivity contribution in [2.75, 3.05) is 6.23 Å². The van der Waals surface area contributed by atoms with Crippen molar-refractivity contribution in [1.29, 1.82) is 0 Å². The summed E-state index contributed by atoms with van der Waals surface area (Å²) in [5.74, 6) is -0.993. The molecule has 0 saturated heterocycles. The first-order valence-corrected chi connectivity index (χ1v) is 16.2. The molecule has 0 heterocycles. The normalized spacial score (nSPS) is 14.0. The van der Waals surface area contributed by atoms with Gasteiger partial charge in [-0.25, -0.2) is 0 Å². The highest BCUT2D eigenvalue weighted by molar-refractivity contribution is 6.84. The van der Waals surface area contributed by atoms with E-state index in [1.165, 1.54) is 0 Å². The maximum atomic E-state index is 12.6. The number of ether oxygens (including phenoxy) is 1. The predicted octanol–water partition coefficient (Wildman–Crippen LogP) is 6.26. The third-order valence-electron chi connectivity index (χ3n) is 4.52. The standard InChI is InChI=1S/C18H38O5Si2.C2H4.CH4/c1-10-18(4,13-11-12-17(2,3)15(19)20)16(21)22-14-25(8,9)23-24(5,6)7;1-2;/h10-14H2,1-9H3,(H,19,20);1-2H2;1H4. The SMILES string of the molecule is C.C=C.CCC(C)(CCCC(C)(C)C(=O)O)C(=O)OC[Si](C)(C)O[Si](C)(C)C. The third kappa shape index (κ3) is 12.5. The van der Waals surface area contributed by atoms with Crippen molar-refractivity contribution in [2.24, 2.45) is 10.8 Å². The molecule has 0 aliphatic carbocycles. The lowest BCUT2D eigenvalue weighted by Crippen LogP contribution is -2.47. The van der Waals surface area contributed by atoms with E-state index in [4.69, 9.17) is 8.85 Å². The van der Waals surface area contributed by atoms with Gasteiger partial charge in [-0.3, -0.25) is 9.59 Å². The molecule has 28 heavy (non-hydrogen) atoms. The number of carbonyl (C=O) groups excluding carboxylic acids is 1. The zero-order valence-corrected chi connectivity index (χ0v) is 21.0. The van der Waals surface area contributed by atoms with Gasteiger partial charge in [-0.2, -0.15) is 0 Å². The van der Waals surface area contributed by atoms with Gasteiger partial charge in [0.2, 0.25) is 8.32 Å². The first-order valence-electron chi connectivity index (χ1n) is 9.65. The van der Waals surface area contributed by atoms with E-state index in [-0.39, 0.29) is 13.4 Å². The summed E-state index contributed by atoms with van der Waals surface area (Å²) in [5.41, 5.74) is -1.34. The molecule has 1 atom stereocenters. The van der Waals surface area contributed by atoms with E-state index in [1.54, 1.807) is 13.8 Å². The van der Waals surface area contributed by atoms with Gasteiger partial charge in [-0.1, -0.05) is 20.8 Å². The van der Waals surface area contributed by atoms with Crippen molar-refractivity contribution >= 4 is 28.6 Å². The number of carbonyl (C=O) groups is 2. The van der Waals surface area contributed by atoms with Gasteiger partial charge in [0.15, 0.2) is 8.32 Å². The lowest BCUT2D eigenvalue weighted by Gasteiger charge is -2.33. The number of carboxylic acid groups (broad SMARTS) is 1. The van der Waals surface area contributed by atoms with E-state index >= 15 is 0 Å². The molecule has 5 nitrogen and oxygen atoms in total. The number of rotatable bonds is 11. The summed E-state index contributed by atoms with van der Waals surface area (Å²) in [6, 6.07) is 0. The Morgan fingerprint density at radius 1 is 1.00 bits per heavy atom. The van der Waals surface area contributed by atoms with Crippen LogP contribution in [0.25, 0.3) is 0 Å². The van der Waals surface area contributed by atoms with Crippen LogP contribution in [0.4, 0.5) is 0 Å². The summed E-state index contributed by atoms with van der Waals surface area (Å²) in [6.45, 7) is 23.9. The number of hydrogen-bond donors (Lipinski definition) is 1. The second-order valence-corrected chi connectivity index (χ2v) is 18.4. The average Bonchev–Trinajstić information content (AvgIpc) is 2.51. The lowest BCUT2D eigenvalue weighted by molar-refractivity contribution is -0.154. The van der Waals surface area contributed by atoms with Crippen molar-refractivity contribution in [3.63, 3.8) is 0 Å². The van der Waals surface area contributed by atoms with Gasteiger partial charge in [0.1, 0.15) is 6.23 Å². The maximum Gasteiger partial charge on any atom is 0.311 e. The molecule has 0 aromatic heterocycles. The zero-order chi connectivity index (χ0) is 22.1. The molecule has 0 aliphatic heterocycles. The highest BCUT2D eigenvalue weighted by Crippen LogP contribution is 2.33. The van der Waals surface area contributed by atoms with E-state index < -0.39 is 33.4 Å². The largest absolute Gasteiger partial charge is 0.481 e. The van der Waals surface area contributed by atoms with Gasteiger partial charge in [-0.15, -0.1) is 13.2 Å². The van der Waals surface area contributed by atoms with E-state index in [1.807, 2.05) is 13.8 Å². The Labute approximate surface area is 176 Å². The van der Waals surface area contributed by atoms with Gasteiger partial charge < -0.3 is 14.0 Å². The zero-order valence-electron chi connectivity index (χ0n) is 19.0. The smallest absolute Gasteiger partial charge is 0.311 e. The van der Waals surface area contributed by atoms with Crippen molar-refractivity contribution < 1.29 is 23.5 Å². The lowest BCUT2D eigenvalue weighted by atomic mass is 9.79. The molecule has 0 rings (SSSR count). The first-order chi connectivity index (χ1) is 12.0. The number of hydrogen-bond acceptors (Lipinski definition) is 4. The fourth-order valence-corrected chi connectivity index (χ4v) is 10.1. The molecular weight excluding hydrogens is 388 g/mol. The molecule has 1 unspecified atom stereocenters. The quantitative estimate of drug-likeness (QED) is 0.236. The summed E-state index contributed by atoms with van der Waals surface area (Å²) in [7, 11) is -3.68. The van der Waals surface area contributed by atoms with E-state index in [0.717, 1.165) is 0 Å². The van der Waals surface area contributed by atoms with Gasteiger partial charge >= 0.3 is 11.9 Å². The highest BCUT2D eigenvalue weighted by Gasteiger charge is 2.37. The van der Waals surface area contributed by atoms with E-state index in [0.29, 0.717) is 31.9 Å². The molecule has 1 N–H and O–H groups in total. The van der Waals surface area contributed by atoms with E-state index in [9.17, 15) is 14.7 Å². The first kappa shape index (κ1) is 31.8. The average molecular weight is 435 g/mol. The molecule has 0 bridgehead atoms. The second-order valence-electron chi connectivity index (χ2n) is 9.51. The third-order valence-corrected chi connectivity index (χ3v) is 10.0. The summed E-state index contributed by atoms with van der Waals surface area (Å²) in [4.78, 5) is 23.8. The minimum Gasteiger partial charge on any atom is -0.481 e. The van der Waals surface area contributed by atoms with Crippen LogP contribution in [0.2, 0.25) is 32.7 Å². The van der Waals surface area contributed by atoms with Gasteiger partial charge in [-0.05, 0) is 72.8 Å². The number of carboxylic acids is 1. The molecule has 168 valence electrons. The Morgan fingerprint density at radius 3 is 1.82 bits per heavy atom. The second kappa shape index (κ2) is 12.6. The van der Waals surface area contributed by atoms with Gasteiger partial charge in [0.25, 0.3) is 0 Å². The Morgan fingerprint density at radius 2 is 1.46 bits per heavy atom. The van der Waals surface area contributed by atoms with Crippen molar-refractivity contribution in [2.45, 2.75) is 93.5 Å². The minimum absolute atomic E-state index is 0. The fourth-order valence-electron chi connectivity index (χ4n) is 2.72. The van der Waals surface area contributed by atoms with Crippen LogP contribution in [0.1, 0.15) is 60.8 Å². The van der Waals surface area contributed by atoms with Crippen LogP contribution < -0.4 is 0 Å². The fraction of sp³-hybridized carbons (Fsp3) is 0.810. The number of esters is 1. The van der Waals surface area contributed by atoms with Crippen LogP contribution in [-0.2, 0) is 18.4 Å². The van der Waals surface area contributed by atoms with Crippen LogP contribution in [-0.4, -0.2) is 39.9 Å². The van der Waals surface area contributed by atoms with Crippen molar-refractivity contribution in [3.05, 3.63) is 13.2 Å². The monoisotopic (exact) mass is 434 g/mol. The van der Waals surface area contributed by atoms with Crippen molar-refractivity contribution in [1.82, 2.24) is 0 Å². The molecule has 0 saturated carbocycles. The summed E-state index contributed by atoms with van der Waals surface area (Å²) in [6.07, 6.45) is 2.91. The molecule has 0 aromatic rings. The Kier molecular flexibility index (Phi) is 14.3. The molecule has 0 amide bonds. The predicted molar refractivity (Wildman–Crippen MR) is 125 cm³/mol.